The van der Waals surface area contributed by atoms with E-state index in [-0.39, 0.29) is 5.91 Å². The third-order valence-corrected chi connectivity index (χ3v) is 3.96. The van der Waals surface area contributed by atoms with Crippen LogP contribution in [0.25, 0.3) is 0 Å². The number of hydrogen-bond acceptors (Lipinski definition) is 4. The molecule has 2 rings (SSSR count). The fraction of sp³-hybridized carbons (Fsp3) is 0.176. The lowest BCUT2D eigenvalue weighted by molar-refractivity contribution is 0.0955. The number of ether oxygens (including phenoxy) is 2. The van der Waals surface area contributed by atoms with Crippen LogP contribution in [0.4, 0.5) is 0 Å². The van der Waals surface area contributed by atoms with Crippen LogP contribution in [0.2, 0.25) is 5.02 Å². The Kier molecular flexibility index (Phi) is 6.86. The zero-order valence-electron chi connectivity index (χ0n) is 13.2. The number of benzene rings is 2. The van der Waals surface area contributed by atoms with Gasteiger partial charge in [-0.25, -0.2) is 5.43 Å². The molecule has 0 aliphatic rings. The molecular weight excluding hydrogens is 443 g/mol. The lowest BCUT2D eigenvalue weighted by atomic mass is 10.2. The van der Waals surface area contributed by atoms with Crippen LogP contribution in [0.3, 0.4) is 0 Å². The third-order valence-electron chi connectivity index (χ3n) is 3.01. The Morgan fingerprint density at radius 3 is 2.83 bits per heavy atom. The first-order valence-electron chi connectivity index (χ1n) is 7.14. The largest absolute Gasteiger partial charge is 0.493 e. The van der Waals surface area contributed by atoms with Crippen molar-refractivity contribution in [2.24, 2.45) is 5.10 Å². The first kappa shape index (κ1) is 18.5. The molecule has 0 aliphatic heterocycles. The zero-order valence-corrected chi connectivity index (χ0v) is 16.1. The molecule has 0 aromatic heterocycles. The lowest BCUT2D eigenvalue weighted by Gasteiger charge is -2.11. The Bertz CT molecular complexity index is 765. The van der Waals surface area contributed by atoms with Gasteiger partial charge < -0.3 is 9.47 Å². The Hall–Kier alpha value is -1.80. The normalized spacial score (nSPS) is 10.7. The molecule has 0 fully saturated rings. The Morgan fingerprint density at radius 2 is 2.17 bits per heavy atom. The van der Waals surface area contributed by atoms with Crippen molar-refractivity contribution in [3.63, 3.8) is 0 Å². The monoisotopic (exact) mass is 458 g/mol. The summed E-state index contributed by atoms with van der Waals surface area (Å²) < 4.78 is 11.7. The second-order valence-electron chi connectivity index (χ2n) is 4.68. The van der Waals surface area contributed by atoms with Gasteiger partial charge in [0.15, 0.2) is 11.5 Å². The van der Waals surface area contributed by atoms with Gasteiger partial charge in [-0.05, 0) is 65.4 Å². The van der Waals surface area contributed by atoms with Gasteiger partial charge in [-0.1, -0.05) is 17.7 Å². The molecule has 0 bridgehead atoms. The number of hydrogen-bond donors (Lipinski definition) is 1. The molecule has 5 nitrogen and oxygen atoms in total. The topological polar surface area (TPSA) is 59.9 Å². The molecule has 7 heteroatoms. The van der Waals surface area contributed by atoms with E-state index in [0.717, 1.165) is 3.57 Å². The molecule has 0 saturated heterocycles. The number of nitrogens with zero attached hydrogens (tertiary/aromatic N) is 1. The molecule has 1 amide bonds. The van der Waals surface area contributed by atoms with Crippen molar-refractivity contribution in [1.29, 1.82) is 0 Å². The molecule has 1 N–H and O–H groups in total. The Labute approximate surface area is 159 Å². The average molecular weight is 459 g/mol. The Balaban J connectivity index is 2.11. The summed E-state index contributed by atoms with van der Waals surface area (Å²) in [5.74, 6) is 0.713. The summed E-state index contributed by atoms with van der Waals surface area (Å²) in [6.07, 6.45) is 1.50. The number of carbonyl (C=O) groups excluding carboxylic acids is 1. The van der Waals surface area contributed by atoms with Gasteiger partial charge in [0.25, 0.3) is 5.91 Å². The predicted molar refractivity (Wildman–Crippen MR) is 103 cm³/mol. The fourth-order valence-corrected chi connectivity index (χ4v) is 2.78. The first-order chi connectivity index (χ1) is 11.5. The van der Waals surface area contributed by atoms with Crippen LogP contribution in [0, 0.1) is 3.57 Å². The SMILES string of the molecule is CCOc1c(Cl)cc(C=NNC(=O)c2cccc(I)c2)cc1OC. The molecule has 0 aliphatic carbocycles. The molecule has 2 aromatic rings. The van der Waals surface area contributed by atoms with Gasteiger partial charge in [-0.2, -0.15) is 5.10 Å². The molecule has 126 valence electrons. The van der Waals surface area contributed by atoms with E-state index in [1.807, 2.05) is 19.1 Å². The maximum atomic E-state index is 12.0. The number of methoxy groups -OCH3 is 1. The van der Waals surface area contributed by atoms with E-state index in [2.05, 4.69) is 33.1 Å². The van der Waals surface area contributed by atoms with E-state index in [0.29, 0.717) is 34.3 Å². The zero-order chi connectivity index (χ0) is 17.5. The van der Waals surface area contributed by atoms with Crippen LogP contribution in [-0.2, 0) is 0 Å². The van der Waals surface area contributed by atoms with Crippen LogP contribution in [-0.4, -0.2) is 25.8 Å². The van der Waals surface area contributed by atoms with Crippen LogP contribution in [0.15, 0.2) is 41.5 Å². The summed E-state index contributed by atoms with van der Waals surface area (Å²) in [6, 6.07) is 10.7. The second-order valence-corrected chi connectivity index (χ2v) is 6.33. The van der Waals surface area contributed by atoms with Crippen LogP contribution >= 0.6 is 34.2 Å². The highest BCUT2D eigenvalue weighted by Crippen LogP contribution is 2.35. The van der Waals surface area contributed by atoms with Crippen LogP contribution in [0.5, 0.6) is 11.5 Å². The van der Waals surface area contributed by atoms with E-state index in [1.165, 1.54) is 13.3 Å². The minimum Gasteiger partial charge on any atom is -0.493 e. The minimum absolute atomic E-state index is 0.284. The van der Waals surface area contributed by atoms with Crippen molar-refractivity contribution in [1.82, 2.24) is 5.43 Å². The highest BCUT2D eigenvalue weighted by atomic mass is 127. The summed E-state index contributed by atoms with van der Waals surface area (Å²) >= 11 is 8.34. The first-order valence-corrected chi connectivity index (χ1v) is 8.60. The number of carbonyl (C=O) groups is 1. The van der Waals surface area contributed by atoms with Gasteiger partial charge in [0.2, 0.25) is 0 Å². The fourth-order valence-electron chi connectivity index (χ4n) is 1.96. The molecule has 2 aromatic carbocycles. The van der Waals surface area contributed by atoms with Crippen molar-refractivity contribution in [2.75, 3.05) is 13.7 Å². The van der Waals surface area contributed by atoms with Gasteiger partial charge >= 0.3 is 0 Å². The Morgan fingerprint density at radius 1 is 1.38 bits per heavy atom. The third kappa shape index (κ3) is 4.85. The maximum absolute atomic E-state index is 12.0. The highest BCUT2D eigenvalue weighted by Gasteiger charge is 2.11. The minimum atomic E-state index is -0.284. The predicted octanol–water partition coefficient (Wildman–Crippen LogP) is 4.12. The number of hydrazone groups is 1. The van der Waals surface area contributed by atoms with Crippen molar-refractivity contribution in [3.05, 3.63) is 56.1 Å². The van der Waals surface area contributed by atoms with E-state index in [9.17, 15) is 4.79 Å². The van der Waals surface area contributed by atoms with Gasteiger partial charge in [0, 0.05) is 9.13 Å². The molecule has 0 saturated carbocycles. The molecule has 24 heavy (non-hydrogen) atoms. The van der Waals surface area contributed by atoms with Crippen molar-refractivity contribution >= 4 is 46.3 Å². The van der Waals surface area contributed by atoms with E-state index < -0.39 is 0 Å². The van der Waals surface area contributed by atoms with Crippen molar-refractivity contribution in [2.45, 2.75) is 6.92 Å². The smallest absolute Gasteiger partial charge is 0.271 e. The summed E-state index contributed by atoms with van der Waals surface area (Å²) in [5, 5.41) is 4.38. The molecule has 0 unspecified atom stereocenters. The second kappa shape index (κ2) is 8.89. The van der Waals surface area contributed by atoms with E-state index in [1.54, 1.807) is 24.3 Å². The van der Waals surface area contributed by atoms with Crippen LogP contribution in [0.1, 0.15) is 22.8 Å². The van der Waals surface area contributed by atoms with E-state index >= 15 is 0 Å². The van der Waals surface area contributed by atoms with Crippen LogP contribution < -0.4 is 14.9 Å². The van der Waals surface area contributed by atoms with Gasteiger partial charge in [-0.3, -0.25) is 4.79 Å². The summed E-state index contributed by atoms with van der Waals surface area (Å²) in [6.45, 7) is 2.35. The molecule has 0 spiro atoms. The quantitative estimate of drug-likeness (QED) is 0.402. The molecular formula is C17H16ClIN2O3. The molecule has 0 radical (unpaired) electrons. The molecule has 0 heterocycles. The highest BCUT2D eigenvalue weighted by molar-refractivity contribution is 14.1. The van der Waals surface area contributed by atoms with Crippen molar-refractivity contribution < 1.29 is 14.3 Å². The van der Waals surface area contributed by atoms with E-state index in [4.69, 9.17) is 21.1 Å². The lowest BCUT2D eigenvalue weighted by Crippen LogP contribution is -2.17. The van der Waals surface area contributed by atoms with Gasteiger partial charge in [0.05, 0.1) is 25.0 Å². The number of amides is 1. The van der Waals surface area contributed by atoms with Gasteiger partial charge in [-0.15, -0.1) is 0 Å². The average Bonchev–Trinajstić information content (AvgIpc) is 2.57. The summed E-state index contributed by atoms with van der Waals surface area (Å²) in [4.78, 5) is 12.0. The summed E-state index contributed by atoms with van der Waals surface area (Å²) in [5.41, 5.74) is 3.71. The molecule has 0 atom stereocenters. The van der Waals surface area contributed by atoms with Gasteiger partial charge in [0.1, 0.15) is 0 Å². The number of halogens is 2. The van der Waals surface area contributed by atoms with Crippen molar-refractivity contribution in [3.8, 4) is 11.5 Å². The maximum Gasteiger partial charge on any atom is 0.271 e. The number of rotatable bonds is 6. The number of nitrogens with one attached hydrogen (secondary N) is 1. The standard InChI is InChI=1S/C17H16ClIN2O3/c1-3-24-16-14(18)7-11(8-15(16)23-2)10-20-21-17(22)12-5-4-6-13(19)9-12/h4-10H,3H2,1-2H3,(H,21,22). The summed E-state index contributed by atoms with van der Waals surface area (Å²) in [7, 11) is 1.54.